The largest absolute Gasteiger partial charge is 0.472 e. The highest BCUT2D eigenvalue weighted by molar-refractivity contribution is 7.47. The van der Waals surface area contributed by atoms with E-state index in [1.807, 2.05) is 21.1 Å². The van der Waals surface area contributed by atoms with E-state index in [1.165, 1.54) is 0 Å². The van der Waals surface area contributed by atoms with Gasteiger partial charge in [-0.25, -0.2) is 4.57 Å². The molecule has 0 amide bonds. The molecule has 8 nitrogen and oxygen atoms in total. The summed E-state index contributed by atoms with van der Waals surface area (Å²) in [5.74, 6) is -0.463. The van der Waals surface area contributed by atoms with Crippen LogP contribution in [0.1, 0.15) is 13.3 Å². The van der Waals surface area contributed by atoms with Crippen LogP contribution in [0.15, 0.2) is 0 Å². The van der Waals surface area contributed by atoms with Gasteiger partial charge < -0.3 is 19.2 Å². The van der Waals surface area contributed by atoms with E-state index in [1.54, 1.807) is 6.92 Å². The third kappa shape index (κ3) is 11.3. The zero-order valence-electron chi connectivity index (χ0n) is 12.4. The van der Waals surface area contributed by atoms with Gasteiger partial charge in [0.25, 0.3) is 0 Å². The van der Waals surface area contributed by atoms with Crippen molar-refractivity contribution in [1.29, 1.82) is 0 Å². The Labute approximate surface area is 119 Å². The number of phosphoric ester groups is 1. The molecule has 0 saturated heterocycles. The molecule has 1 unspecified atom stereocenters. The lowest BCUT2D eigenvalue weighted by atomic mass is 10.4. The monoisotopic (exact) mass is 314 g/mol. The zero-order chi connectivity index (χ0) is 15.8. The van der Waals surface area contributed by atoms with Crippen molar-refractivity contribution in [3.63, 3.8) is 0 Å². The molecule has 9 heteroatoms. The van der Waals surface area contributed by atoms with E-state index in [4.69, 9.17) is 4.52 Å². The smallest absolute Gasteiger partial charge is 0.463 e. The first kappa shape index (κ1) is 19.5. The summed E-state index contributed by atoms with van der Waals surface area (Å²) < 4.78 is 26.1. The predicted molar refractivity (Wildman–Crippen MR) is 71.9 cm³/mol. The van der Waals surface area contributed by atoms with Gasteiger partial charge >= 0.3 is 13.8 Å². The minimum Gasteiger partial charge on any atom is -0.463 e. The normalized spacial score (nSPS) is 16.5. The number of esters is 1. The fraction of sp³-hybridized carbons (Fsp3) is 0.909. The van der Waals surface area contributed by atoms with Crippen LogP contribution < -0.4 is 0 Å². The second kappa shape index (κ2) is 8.71. The van der Waals surface area contributed by atoms with Gasteiger partial charge in [-0.2, -0.15) is 0 Å². The summed E-state index contributed by atoms with van der Waals surface area (Å²) in [6.45, 7) is 1.47. The van der Waals surface area contributed by atoms with Gasteiger partial charge in [0.1, 0.15) is 25.9 Å². The summed E-state index contributed by atoms with van der Waals surface area (Å²) in [4.78, 5) is 20.2. The summed E-state index contributed by atoms with van der Waals surface area (Å²) in [5, 5.41) is 9.42. The molecular formula is C11H25NO7P+. The SMILES string of the molecule is CCC(=O)OC[C@H](O)COP(=O)(O)OCC[N+](C)(C)C. The van der Waals surface area contributed by atoms with Crippen molar-refractivity contribution < 1.29 is 37.6 Å². The molecular weight excluding hydrogens is 289 g/mol. The molecule has 0 aliphatic carbocycles. The minimum atomic E-state index is -4.20. The highest BCUT2D eigenvalue weighted by Crippen LogP contribution is 2.43. The molecule has 0 aliphatic heterocycles. The van der Waals surface area contributed by atoms with E-state index in [9.17, 15) is 19.4 Å². The van der Waals surface area contributed by atoms with Crippen molar-refractivity contribution in [2.45, 2.75) is 19.4 Å². The van der Waals surface area contributed by atoms with E-state index in [-0.39, 0.29) is 19.6 Å². The van der Waals surface area contributed by atoms with Crippen molar-refractivity contribution in [3.8, 4) is 0 Å². The van der Waals surface area contributed by atoms with Crippen molar-refractivity contribution in [2.75, 3.05) is 47.5 Å². The first-order valence-corrected chi connectivity index (χ1v) is 7.81. The average molecular weight is 314 g/mol. The molecule has 0 spiro atoms. The van der Waals surface area contributed by atoms with Crippen LogP contribution in [0.3, 0.4) is 0 Å². The predicted octanol–water partition coefficient (Wildman–Crippen LogP) is 0.140. The van der Waals surface area contributed by atoms with E-state index < -0.39 is 26.5 Å². The minimum absolute atomic E-state index is 0.0538. The van der Waals surface area contributed by atoms with E-state index in [2.05, 4.69) is 9.26 Å². The molecule has 0 saturated carbocycles. The van der Waals surface area contributed by atoms with E-state index in [0.717, 1.165) is 0 Å². The lowest BCUT2D eigenvalue weighted by Gasteiger charge is -2.24. The number of nitrogens with zero attached hydrogens (tertiary/aromatic N) is 1. The number of aliphatic hydroxyl groups is 1. The molecule has 0 aromatic carbocycles. The second-order valence-corrected chi connectivity index (χ2v) is 6.76. The van der Waals surface area contributed by atoms with Gasteiger partial charge in [0, 0.05) is 6.42 Å². The lowest BCUT2D eigenvalue weighted by Crippen LogP contribution is -2.37. The molecule has 2 N–H and O–H groups in total. The number of carbonyl (C=O) groups excluding carboxylic acids is 1. The maximum atomic E-state index is 11.5. The fourth-order valence-corrected chi connectivity index (χ4v) is 1.73. The van der Waals surface area contributed by atoms with Gasteiger partial charge in [0.2, 0.25) is 0 Å². The van der Waals surface area contributed by atoms with Crippen LogP contribution >= 0.6 is 7.82 Å². The number of ether oxygens (including phenoxy) is 1. The zero-order valence-corrected chi connectivity index (χ0v) is 13.3. The number of quaternary nitrogens is 1. The molecule has 0 heterocycles. The van der Waals surface area contributed by atoms with Crippen LogP contribution in [0.4, 0.5) is 0 Å². The summed E-state index contributed by atoms with van der Waals surface area (Å²) in [6, 6.07) is 0. The molecule has 0 radical (unpaired) electrons. The van der Waals surface area contributed by atoms with E-state index >= 15 is 0 Å². The number of aliphatic hydroxyl groups excluding tert-OH is 1. The third-order valence-corrected chi connectivity index (χ3v) is 3.16. The molecule has 0 rings (SSSR count). The third-order valence-electron chi connectivity index (χ3n) is 2.17. The molecule has 0 aromatic rings. The van der Waals surface area contributed by atoms with Crippen molar-refractivity contribution in [2.24, 2.45) is 0 Å². The van der Waals surface area contributed by atoms with Crippen LogP contribution in [-0.4, -0.2) is 74.1 Å². The highest BCUT2D eigenvalue weighted by Gasteiger charge is 2.24. The molecule has 2 atom stereocenters. The highest BCUT2D eigenvalue weighted by atomic mass is 31.2. The molecule has 20 heavy (non-hydrogen) atoms. The number of likely N-dealkylation sites (N-methyl/N-ethyl adjacent to an activating group) is 1. The quantitative estimate of drug-likeness (QED) is 0.336. The number of phosphoric acid groups is 1. The fourth-order valence-electron chi connectivity index (χ4n) is 0.987. The van der Waals surface area contributed by atoms with Gasteiger partial charge in [-0.3, -0.25) is 13.8 Å². The van der Waals surface area contributed by atoms with E-state index in [0.29, 0.717) is 11.0 Å². The van der Waals surface area contributed by atoms with Crippen LogP contribution in [0.5, 0.6) is 0 Å². The Morgan fingerprint density at radius 3 is 2.35 bits per heavy atom. The van der Waals surface area contributed by atoms with Gasteiger partial charge in [0.15, 0.2) is 0 Å². The summed E-state index contributed by atoms with van der Waals surface area (Å²) in [6.07, 6.45) is -0.978. The van der Waals surface area contributed by atoms with Gasteiger partial charge in [-0.1, -0.05) is 6.92 Å². The van der Waals surface area contributed by atoms with Crippen LogP contribution in [0.2, 0.25) is 0 Å². The Bertz CT molecular complexity index is 342. The van der Waals surface area contributed by atoms with Gasteiger partial charge in [-0.05, 0) is 0 Å². The standard InChI is InChI=1S/C11H24NO7P/c1-5-11(14)17-8-10(13)9-19-20(15,16)18-7-6-12(2,3)4/h10,13H,5-9H2,1-4H3/p+1/t10-/m0/s1. The Morgan fingerprint density at radius 2 is 1.85 bits per heavy atom. The Kier molecular flexibility index (Phi) is 8.50. The van der Waals surface area contributed by atoms with Crippen molar-refractivity contribution in [3.05, 3.63) is 0 Å². The number of hydrogen-bond acceptors (Lipinski definition) is 6. The number of hydrogen-bond donors (Lipinski definition) is 2. The topological polar surface area (TPSA) is 102 Å². The Hall–Kier alpha value is -0.500. The lowest BCUT2D eigenvalue weighted by molar-refractivity contribution is -0.870. The number of carbonyl (C=O) groups is 1. The molecule has 0 fully saturated rings. The molecule has 120 valence electrons. The first-order chi connectivity index (χ1) is 9.06. The van der Waals surface area contributed by atoms with Gasteiger partial charge in [0.05, 0.1) is 27.7 Å². The maximum Gasteiger partial charge on any atom is 0.472 e. The average Bonchev–Trinajstić information content (AvgIpc) is 2.31. The number of rotatable bonds is 10. The van der Waals surface area contributed by atoms with Crippen LogP contribution in [-0.2, 0) is 23.1 Å². The summed E-state index contributed by atoms with van der Waals surface area (Å²) >= 11 is 0. The first-order valence-electron chi connectivity index (χ1n) is 6.32. The van der Waals surface area contributed by atoms with Crippen LogP contribution in [0.25, 0.3) is 0 Å². The summed E-state index contributed by atoms with van der Waals surface area (Å²) in [7, 11) is 1.55. The molecule has 0 bridgehead atoms. The summed E-state index contributed by atoms with van der Waals surface area (Å²) in [5.41, 5.74) is 0. The van der Waals surface area contributed by atoms with Crippen LogP contribution in [0, 0.1) is 0 Å². The second-order valence-electron chi connectivity index (χ2n) is 5.30. The van der Waals surface area contributed by atoms with Gasteiger partial charge in [-0.15, -0.1) is 0 Å². The molecule has 0 aromatic heterocycles. The Balaban J connectivity index is 3.91. The Morgan fingerprint density at radius 1 is 1.25 bits per heavy atom. The molecule has 0 aliphatic rings. The van der Waals surface area contributed by atoms with Crippen molar-refractivity contribution in [1.82, 2.24) is 0 Å². The maximum absolute atomic E-state index is 11.5. The van der Waals surface area contributed by atoms with Crippen molar-refractivity contribution >= 4 is 13.8 Å².